The number of carboxylic acids is 1. The minimum Gasteiger partial charge on any atom is -0.478 e. The molecule has 1 saturated heterocycles. The van der Waals surface area contributed by atoms with Crippen molar-refractivity contribution in [3.05, 3.63) is 81.9 Å². The number of aromatic nitrogens is 1. The van der Waals surface area contributed by atoms with E-state index in [0.717, 1.165) is 52.2 Å². The molecule has 0 bridgehead atoms. The molecule has 2 heterocycles. The van der Waals surface area contributed by atoms with Crippen LogP contribution in [-0.4, -0.2) is 52.8 Å². The van der Waals surface area contributed by atoms with Crippen LogP contribution in [0.25, 0.3) is 34.5 Å². The van der Waals surface area contributed by atoms with Gasteiger partial charge in [-0.1, -0.05) is 94.2 Å². The smallest absolute Gasteiger partial charge is 0.331 e. The number of ether oxygens (including phenoxy) is 1. The fraction of sp³-hybridized carbons (Fsp3) is 0.395. The maximum absolute atomic E-state index is 13.8. The van der Waals surface area contributed by atoms with Crippen molar-refractivity contribution >= 4 is 24.0 Å². The Morgan fingerprint density at radius 3 is 2.22 bits per heavy atom. The lowest BCUT2D eigenvalue weighted by molar-refractivity contribution is -0.136. The van der Waals surface area contributed by atoms with Crippen LogP contribution in [0, 0.1) is 11.3 Å². The number of morpholine rings is 1. The first kappa shape index (κ1) is 32.0. The summed E-state index contributed by atoms with van der Waals surface area (Å²) >= 11 is 0. The van der Waals surface area contributed by atoms with Gasteiger partial charge in [0.15, 0.2) is 0 Å². The highest BCUT2D eigenvalue weighted by molar-refractivity contribution is 5.90. The number of amides is 1. The third-order valence-electron chi connectivity index (χ3n) is 9.09. The van der Waals surface area contributed by atoms with Crippen LogP contribution in [0.5, 0.6) is 0 Å². The fourth-order valence-corrected chi connectivity index (χ4v) is 6.55. The summed E-state index contributed by atoms with van der Waals surface area (Å²) in [7, 11) is 0. The zero-order valence-corrected chi connectivity index (χ0v) is 26.4. The van der Waals surface area contributed by atoms with Gasteiger partial charge in [-0.05, 0) is 59.6 Å². The maximum atomic E-state index is 13.8. The van der Waals surface area contributed by atoms with Crippen molar-refractivity contribution in [2.75, 3.05) is 26.3 Å². The Morgan fingerprint density at radius 2 is 1.60 bits per heavy atom. The molecule has 3 aromatic rings. The van der Waals surface area contributed by atoms with Gasteiger partial charge in [-0.2, -0.15) is 5.26 Å². The minimum atomic E-state index is -0.921. The van der Waals surface area contributed by atoms with E-state index in [-0.39, 0.29) is 18.4 Å². The van der Waals surface area contributed by atoms with Gasteiger partial charge in [-0.3, -0.25) is 4.79 Å². The number of nitriles is 1. The van der Waals surface area contributed by atoms with Crippen LogP contribution in [0.15, 0.2) is 60.2 Å². The molecule has 1 fully saturated rings. The number of carbonyl (C=O) groups is 2. The average Bonchev–Trinajstić information content (AvgIpc) is 3.20. The molecule has 1 atom stereocenters. The summed E-state index contributed by atoms with van der Waals surface area (Å²) in [6.07, 6.45) is 12.7. The molecule has 2 aliphatic rings. The number of hydrogen-bond acceptors (Lipinski definition) is 4. The summed E-state index contributed by atoms with van der Waals surface area (Å²) in [6, 6.07) is 18.2. The number of aliphatic carboxylic acids is 1. The molecule has 1 aliphatic heterocycles. The van der Waals surface area contributed by atoms with Crippen molar-refractivity contribution in [3.8, 4) is 28.5 Å². The Kier molecular flexibility index (Phi) is 10.7. The van der Waals surface area contributed by atoms with Crippen LogP contribution < -0.4 is 10.6 Å². The molecule has 1 aliphatic carbocycles. The first-order chi connectivity index (χ1) is 21.9. The van der Waals surface area contributed by atoms with E-state index >= 15 is 0 Å². The summed E-state index contributed by atoms with van der Waals surface area (Å²) in [4.78, 5) is 27.6. The number of rotatable bonds is 12. The van der Waals surface area contributed by atoms with Gasteiger partial charge in [0.25, 0.3) is 0 Å². The standard InChI is InChI=1S/C38H43N3O4/c1-3-5-6-7-8-28(4-2)36-33-19-17-32(38(43)44)18-20-34(33)41(26-35(42)40-21-23-45-24-22-40)37(36)31-15-13-30(14-16-31)29-11-9-27(25-39)10-12-29/h9-17,19-20,28H,3-8,18,21-24,26H2,1-2H3,(H,43,44). The van der Waals surface area contributed by atoms with Crippen LogP contribution in [-0.2, 0) is 20.9 Å². The minimum absolute atomic E-state index is 0.0400. The number of carbonyl (C=O) groups excluding carboxylic acids is 1. The molecular weight excluding hydrogens is 562 g/mol. The number of unbranched alkanes of at least 4 members (excludes halogenated alkanes) is 3. The molecule has 7 nitrogen and oxygen atoms in total. The van der Waals surface area contributed by atoms with Crippen molar-refractivity contribution < 1.29 is 19.4 Å². The largest absolute Gasteiger partial charge is 0.478 e. The fourth-order valence-electron chi connectivity index (χ4n) is 6.55. The third-order valence-corrected chi connectivity index (χ3v) is 9.09. The summed E-state index contributed by atoms with van der Waals surface area (Å²) < 4.78 is 7.65. The molecule has 1 aromatic heterocycles. The van der Waals surface area contributed by atoms with Crippen molar-refractivity contribution in [2.24, 2.45) is 0 Å². The van der Waals surface area contributed by atoms with E-state index in [2.05, 4.69) is 48.7 Å². The molecule has 0 spiro atoms. The van der Waals surface area contributed by atoms with Gasteiger partial charge in [0, 0.05) is 29.2 Å². The second kappa shape index (κ2) is 15.0. The van der Waals surface area contributed by atoms with E-state index in [1.165, 1.54) is 24.8 Å². The Labute approximate surface area is 265 Å². The number of allylic oxidation sites excluding steroid dienone is 1. The number of fused-ring (bicyclic) bond motifs is 1. The van der Waals surface area contributed by atoms with Gasteiger partial charge in [-0.25, -0.2) is 4.79 Å². The van der Waals surface area contributed by atoms with E-state index in [9.17, 15) is 20.0 Å². The van der Waals surface area contributed by atoms with Crippen LogP contribution in [0.2, 0.25) is 0 Å². The number of benzene rings is 2. The van der Waals surface area contributed by atoms with Crippen molar-refractivity contribution in [1.82, 2.24) is 9.47 Å². The quantitative estimate of drug-likeness (QED) is 0.256. The van der Waals surface area contributed by atoms with Crippen molar-refractivity contribution in [3.63, 3.8) is 0 Å². The topological polar surface area (TPSA) is 95.6 Å². The highest BCUT2D eigenvalue weighted by Gasteiger charge is 2.26. The predicted molar refractivity (Wildman–Crippen MR) is 178 cm³/mol. The Morgan fingerprint density at radius 1 is 0.933 bits per heavy atom. The predicted octanol–water partition coefficient (Wildman–Crippen LogP) is 5.99. The van der Waals surface area contributed by atoms with Crippen LogP contribution in [0.4, 0.5) is 0 Å². The van der Waals surface area contributed by atoms with Crippen molar-refractivity contribution in [1.29, 1.82) is 5.26 Å². The normalized spacial score (nSPS) is 15.1. The third kappa shape index (κ3) is 7.29. The monoisotopic (exact) mass is 605 g/mol. The lowest BCUT2D eigenvalue weighted by atomic mass is 9.87. The van der Waals surface area contributed by atoms with Gasteiger partial charge in [0.2, 0.25) is 5.91 Å². The molecule has 0 radical (unpaired) electrons. The highest BCUT2D eigenvalue weighted by Crippen LogP contribution is 2.34. The molecule has 7 heteroatoms. The van der Waals surface area contributed by atoms with E-state index in [4.69, 9.17) is 4.74 Å². The zero-order chi connectivity index (χ0) is 31.8. The molecule has 1 unspecified atom stereocenters. The van der Waals surface area contributed by atoms with Gasteiger partial charge in [0.05, 0.1) is 30.5 Å². The van der Waals surface area contributed by atoms with E-state index < -0.39 is 5.97 Å². The highest BCUT2D eigenvalue weighted by atomic mass is 16.5. The van der Waals surface area contributed by atoms with E-state index in [1.807, 2.05) is 41.3 Å². The van der Waals surface area contributed by atoms with Crippen LogP contribution >= 0.6 is 0 Å². The van der Waals surface area contributed by atoms with E-state index in [0.29, 0.717) is 43.9 Å². The Hall–Kier alpha value is -4.41. The molecule has 1 amide bonds. The van der Waals surface area contributed by atoms with Gasteiger partial charge < -0.3 is 19.3 Å². The van der Waals surface area contributed by atoms with Gasteiger partial charge in [0.1, 0.15) is 6.54 Å². The molecule has 234 valence electrons. The molecule has 1 N–H and O–H groups in total. The lowest BCUT2D eigenvalue weighted by Gasteiger charge is -2.27. The SMILES string of the molecule is CCCCCCC(CC)c1c(-c2ccc(-c3ccc(C#N)cc3)cc2)n(CC(=O)N2CCOCC2)c2c1=CC=C(C(=O)O)CC=2. The van der Waals surface area contributed by atoms with Crippen LogP contribution in [0.3, 0.4) is 0 Å². The van der Waals surface area contributed by atoms with E-state index in [1.54, 1.807) is 6.08 Å². The zero-order valence-electron chi connectivity index (χ0n) is 26.4. The molecule has 5 rings (SSSR count). The summed E-state index contributed by atoms with van der Waals surface area (Å²) in [6.45, 7) is 6.83. The first-order valence-electron chi connectivity index (χ1n) is 16.3. The molecule has 0 saturated carbocycles. The Balaban J connectivity index is 1.67. The second-order valence-corrected chi connectivity index (χ2v) is 11.9. The number of carboxylic acid groups (broad SMARTS) is 1. The summed E-state index contributed by atoms with van der Waals surface area (Å²) in [5, 5.41) is 21.0. The van der Waals surface area contributed by atoms with Crippen molar-refractivity contribution in [2.45, 2.75) is 71.3 Å². The molecule has 2 aromatic carbocycles. The Bertz CT molecular complexity index is 1700. The molecular formula is C38H43N3O4. The summed E-state index contributed by atoms with van der Waals surface area (Å²) in [5.74, 6) is -0.624. The van der Waals surface area contributed by atoms with Crippen LogP contribution in [0.1, 0.15) is 75.8 Å². The summed E-state index contributed by atoms with van der Waals surface area (Å²) in [5.41, 5.74) is 6.31. The maximum Gasteiger partial charge on any atom is 0.331 e. The van der Waals surface area contributed by atoms with Gasteiger partial charge >= 0.3 is 5.97 Å². The average molecular weight is 606 g/mol. The number of nitrogens with zero attached hydrogens (tertiary/aromatic N) is 3. The molecule has 45 heavy (non-hydrogen) atoms. The first-order valence-corrected chi connectivity index (χ1v) is 16.3. The number of hydrogen-bond donors (Lipinski definition) is 1. The second-order valence-electron chi connectivity index (χ2n) is 11.9. The van der Waals surface area contributed by atoms with Gasteiger partial charge in [-0.15, -0.1) is 0 Å². The lowest BCUT2D eigenvalue weighted by Crippen LogP contribution is -2.44.